The number of thioether (sulfide) groups is 1. The lowest BCUT2D eigenvalue weighted by atomic mass is 10.0. The Hall–Kier alpha value is -2.09. The quantitative estimate of drug-likeness (QED) is 0.413. The Morgan fingerprint density at radius 1 is 1.04 bits per heavy atom. The number of anilines is 1. The van der Waals surface area contributed by atoms with Crippen molar-refractivity contribution in [1.29, 1.82) is 0 Å². The smallest absolute Gasteiger partial charge is 0.263 e. The van der Waals surface area contributed by atoms with E-state index >= 15 is 0 Å². The van der Waals surface area contributed by atoms with E-state index in [2.05, 4.69) is 28.5 Å². The lowest BCUT2D eigenvalue weighted by molar-refractivity contribution is 0.601. The highest BCUT2D eigenvalue weighted by Gasteiger charge is 2.21. The Kier molecular flexibility index (Phi) is 6.27. The van der Waals surface area contributed by atoms with Crippen LogP contribution in [0.5, 0.6) is 0 Å². The van der Waals surface area contributed by atoms with E-state index < -0.39 is 10.0 Å². The fraction of sp³-hybridized carbons (Fsp3) is 0.200. The minimum absolute atomic E-state index is 0.148. The zero-order chi connectivity index (χ0) is 20.3. The summed E-state index contributed by atoms with van der Waals surface area (Å²) in [4.78, 5) is 9.30. The van der Waals surface area contributed by atoms with E-state index in [1.54, 1.807) is 12.1 Å². The van der Waals surface area contributed by atoms with Crippen molar-refractivity contribution in [2.75, 3.05) is 11.0 Å². The predicted molar refractivity (Wildman–Crippen MR) is 116 cm³/mol. The molecule has 8 heteroatoms. The molecular weight excluding hydrogens is 414 g/mol. The molecule has 0 aliphatic heterocycles. The SMILES string of the molecule is CSc1ccccc1-c1c(Cl)ncnc1NS(=O)(=O)c1ccc(C(C)C)cc1. The largest absolute Gasteiger partial charge is 0.263 e. The van der Waals surface area contributed by atoms with Crippen molar-refractivity contribution in [1.82, 2.24) is 9.97 Å². The Morgan fingerprint density at radius 2 is 1.71 bits per heavy atom. The normalized spacial score (nSPS) is 11.6. The number of aromatic nitrogens is 2. The van der Waals surface area contributed by atoms with Crippen LogP contribution in [-0.4, -0.2) is 24.6 Å². The van der Waals surface area contributed by atoms with E-state index in [0.717, 1.165) is 16.0 Å². The van der Waals surface area contributed by atoms with Crippen molar-refractivity contribution in [3.8, 4) is 11.1 Å². The van der Waals surface area contributed by atoms with Crippen LogP contribution in [0.2, 0.25) is 5.15 Å². The van der Waals surface area contributed by atoms with Gasteiger partial charge >= 0.3 is 0 Å². The lowest BCUT2D eigenvalue weighted by Gasteiger charge is -2.15. The Bertz CT molecular complexity index is 1080. The van der Waals surface area contributed by atoms with Crippen LogP contribution in [0.3, 0.4) is 0 Å². The summed E-state index contributed by atoms with van der Waals surface area (Å²) < 4.78 is 28.4. The summed E-state index contributed by atoms with van der Waals surface area (Å²) in [5.41, 5.74) is 2.29. The van der Waals surface area contributed by atoms with Gasteiger partial charge in [-0.25, -0.2) is 18.4 Å². The van der Waals surface area contributed by atoms with Crippen molar-refractivity contribution in [2.45, 2.75) is 29.6 Å². The highest BCUT2D eigenvalue weighted by atomic mass is 35.5. The number of nitrogens with one attached hydrogen (secondary N) is 1. The molecule has 1 heterocycles. The first-order valence-electron chi connectivity index (χ1n) is 8.60. The highest BCUT2D eigenvalue weighted by Crippen LogP contribution is 2.38. The third-order valence-electron chi connectivity index (χ3n) is 4.27. The second-order valence-electron chi connectivity index (χ2n) is 6.42. The lowest BCUT2D eigenvalue weighted by Crippen LogP contribution is -2.15. The van der Waals surface area contributed by atoms with Gasteiger partial charge in [0.05, 0.1) is 10.5 Å². The van der Waals surface area contributed by atoms with E-state index in [1.807, 2.05) is 42.7 Å². The van der Waals surface area contributed by atoms with Gasteiger partial charge in [-0.2, -0.15) is 0 Å². The average Bonchev–Trinajstić information content (AvgIpc) is 2.68. The topological polar surface area (TPSA) is 72.0 Å². The Labute approximate surface area is 174 Å². The zero-order valence-corrected chi connectivity index (χ0v) is 18.1. The van der Waals surface area contributed by atoms with Crippen molar-refractivity contribution >= 4 is 39.2 Å². The van der Waals surface area contributed by atoms with Crippen molar-refractivity contribution < 1.29 is 8.42 Å². The van der Waals surface area contributed by atoms with Crippen molar-refractivity contribution in [3.05, 3.63) is 65.6 Å². The monoisotopic (exact) mass is 433 g/mol. The van der Waals surface area contributed by atoms with Gasteiger partial charge in [-0.1, -0.05) is 55.8 Å². The third kappa shape index (κ3) is 4.32. The second-order valence-corrected chi connectivity index (χ2v) is 9.31. The predicted octanol–water partition coefficient (Wildman–Crippen LogP) is 5.44. The second kappa shape index (κ2) is 8.51. The molecule has 0 aliphatic carbocycles. The van der Waals surface area contributed by atoms with Gasteiger partial charge in [-0.05, 0) is 35.9 Å². The molecule has 0 spiro atoms. The van der Waals surface area contributed by atoms with Crippen LogP contribution in [0.1, 0.15) is 25.3 Å². The number of halogens is 1. The number of rotatable bonds is 6. The molecule has 0 atom stereocenters. The molecule has 0 amide bonds. The molecular formula is C20H20ClN3O2S2. The summed E-state index contributed by atoms with van der Waals surface area (Å²) in [5.74, 6) is 0.467. The molecule has 2 aromatic carbocycles. The van der Waals surface area contributed by atoms with Crippen molar-refractivity contribution in [3.63, 3.8) is 0 Å². The molecule has 0 aliphatic rings. The molecule has 3 aromatic rings. The number of hydrogen-bond acceptors (Lipinski definition) is 5. The van der Waals surface area contributed by atoms with Gasteiger partial charge in [0.25, 0.3) is 10.0 Å². The van der Waals surface area contributed by atoms with Crippen molar-refractivity contribution in [2.24, 2.45) is 0 Å². The molecule has 1 N–H and O–H groups in total. The molecule has 0 saturated heterocycles. The Balaban J connectivity index is 2.04. The van der Waals surface area contributed by atoms with E-state index in [9.17, 15) is 8.42 Å². The first kappa shape index (κ1) is 20.6. The molecule has 0 bridgehead atoms. The van der Waals surface area contributed by atoms with Gasteiger partial charge in [0.1, 0.15) is 11.5 Å². The van der Waals surface area contributed by atoms with Crippen LogP contribution in [-0.2, 0) is 10.0 Å². The zero-order valence-electron chi connectivity index (χ0n) is 15.7. The summed E-state index contributed by atoms with van der Waals surface area (Å²) in [7, 11) is -3.83. The van der Waals surface area contributed by atoms with Gasteiger partial charge in [-0.3, -0.25) is 4.72 Å². The summed E-state index contributed by atoms with van der Waals surface area (Å²) in [5, 5.41) is 0.185. The average molecular weight is 434 g/mol. The molecule has 0 unspecified atom stereocenters. The maximum Gasteiger partial charge on any atom is 0.263 e. The summed E-state index contributed by atoms with van der Waals surface area (Å²) in [6.07, 6.45) is 3.18. The summed E-state index contributed by atoms with van der Waals surface area (Å²) in [6, 6.07) is 14.4. The fourth-order valence-electron chi connectivity index (χ4n) is 2.75. The van der Waals surface area contributed by atoms with Crippen LogP contribution in [0.25, 0.3) is 11.1 Å². The van der Waals surface area contributed by atoms with E-state index in [4.69, 9.17) is 11.6 Å². The first-order valence-corrected chi connectivity index (χ1v) is 11.7. The number of sulfonamides is 1. The number of nitrogens with zero attached hydrogens (tertiary/aromatic N) is 2. The van der Waals surface area contributed by atoms with Crippen LogP contribution >= 0.6 is 23.4 Å². The number of hydrogen-bond donors (Lipinski definition) is 1. The van der Waals surface area contributed by atoms with Crippen LogP contribution in [0.4, 0.5) is 5.82 Å². The molecule has 28 heavy (non-hydrogen) atoms. The fourth-order valence-corrected chi connectivity index (χ4v) is 4.61. The molecule has 0 fully saturated rings. The summed E-state index contributed by atoms with van der Waals surface area (Å²) >= 11 is 7.86. The van der Waals surface area contributed by atoms with Gasteiger partial charge < -0.3 is 0 Å². The van der Waals surface area contributed by atoms with Gasteiger partial charge in [0, 0.05) is 10.5 Å². The van der Waals surface area contributed by atoms with Crippen LogP contribution < -0.4 is 4.72 Å². The van der Waals surface area contributed by atoms with Gasteiger partial charge in [0.2, 0.25) is 0 Å². The minimum atomic E-state index is -3.83. The summed E-state index contributed by atoms with van der Waals surface area (Å²) in [6.45, 7) is 4.11. The highest BCUT2D eigenvalue weighted by molar-refractivity contribution is 7.98. The molecule has 1 aromatic heterocycles. The standard InChI is InChI=1S/C20H20ClN3O2S2/c1-13(2)14-8-10-15(11-9-14)28(25,26)24-20-18(19(21)22-12-23-20)16-6-4-5-7-17(16)27-3/h4-13H,1-3H3,(H,22,23,24). The van der Waals surface area contributed by atoms with Gasteiger partial charge in [0.15, 0.2) is 5.82 Å². The van der Waals surface area contributed by atoms with E-state index in [-0.39, 0.29) is 15.9 Å². The Morgan fingerprint density at radius 3 is 2.36 bits per heavy atom. The molecule has 3 rings (SSSR count). The van der Waals surface area contributed by atoms with Crippen LogP contribution in [0, 0.1) is 0 Å². The van der Waals surface area contributed by atoms with Gasteiger partial charge in [-0.15, -0.1) is 11.8 Å². The minimum Gasteiger partial charge on any atom is -0.263 e. The van der Waals surface area contributed by atoms with Crippen LogP contribution in [0.15, 0.2) is 64.6 Å². The third-order valence-corrected chi connectivity index (χ3v) is 6.70. The molecule has 146 valence electrons. The number of benzene rings is 2. The van der Waals surface area contributed by atoms with E-state index in [0.29, 0.717) is 11.5 Å². The molecule has 0 saturated carbocycles. The maximum absolute atomic E-state index is 12.9. The molecule has 5 nitrogen and oxygen atoms in total. The molecule has 0 radical (unpaired) electrons. The first-order chi connectivity index (χ1) is 13.3. The maximum atomic E-state index is 12.9. The van der Waals surface area contributed by atoms with E-state index in [1.165, 1.54) is 18.1 Å².